The molecule has 1 aromatic carbocycles. The molecule has 0 radical (unpaired) electrons. The summed E-state index contributed by atoms with van der Waals surface area (Å²) < 4.78 is 40.3. The minimum atomic E-state index is -1.54. The van der Waals surface area contributed by atoms with Crippen LogP contribution >= 0.6 is 0 Å². The summed E-state index contributed by atoms with van der Waals surface area (Å²) in [5.41, 5.74) is -2.12. The summed E-state index contributed by atoms with van der Waals surface area (Å²) in [4.78, 5) is 62.3. The van der Waals surface area contributed by atoms with Crippen molar-refractivity contribution in [1.82, 2.24) is 20.5 Å². The number of alkyl halides is 1. The third kappa shape index (κ3) is 7.63. The number of hydrogen-bond acceptors (Lipinski definition) is 9. The lowest BCUT2D eigenvalue weighted by Crippen LogP contribution is -2.65. The molecule has 3 aliphatic heterocycles. The van der Waals surface area contributed by atoms with Gasteiger partial charge in [0.05, 0.1) is 31.5 Å². The fourth-order valence-electron chi connectivity index (χ4n) is 8.00. The molecule has 12 nitrogen and oxygen atoms in total. The van der Waals surface area contributed by atoms with Crippen LogP contribution in [-0.4, -0.2) is 82.8 Å². The van der Waals surface area contributed by atoms with Crippen molar-refractivity contribution in [2.45, 2.75) is 127 Å². The summed E-state index contributed by atoms with van der Waals surface area (Å²) in [6.45, 7) is 10.7. The third-order valence-corrected chi connectivity index (χ3v) is 10.7. The minimum absolute atomic E-state index is 0.0690. The van der Waals surface area contributed by atoms with Gasteiger partial charge in [0.25, 0.3) is 0 Å². The van der Waals surface area contributed by atoms with Gasteiger partial charge in [0.2, 0.25) is 11.8 Å². The van der Waals surface area contributed by atoms with Crippen molar-refractivity contribution >= 4 is 34.8 Å². The topological polar surface area (TPSA) is 145 Å². The zero-order chi connectivity index (χ0) is 39.0. The van der Waals surface area contributed by atoms with Gasteiger partial charge in [-0.15, -0.1) is 0 Å². The predicted molar refractivity (Wildman–Crippen MR) is 200 cm³/mol. The van der Waals surface area contributed by atoms with E-state index in [4.69, 9.17) is 23.9 Å². The molecule has 6 atom stereocenters. The van der Waals surface area contributed by atoms with E-state index in [1.54, 1.807) is 52.0 Å². The zero-order valence-corrected chi connectivity index (χ0v) is 32.3. The van der Waals surface area contributed by atoms with Gasteiger partial charge in [-0.05, 0) is 71.1 Å². The van der Waals surface area contributed by atoms with Crippen LogP contribution in [0.4, 0.5) is 9.18 Å². The predicted octanol–water partition coefficient (Wildman–Crippen LogP) is 6.52. The molecule has 13 heteroatoms. The van der Waals surface area contributed by atoms with Crippen LogP contribution < -0.4 is 20.1 Å². The van der Waals surface area contributed by atoms with Crippen molar-refractivity contribution in [3.8, 4) is 11.5 Å². The molecule has 0 bridgehead atoms. The molecular weight excluding hydrogens is 695 g/mol. The number of ether oxygens (including phenoxy) is 4. The number of fused-ring (bicyclic) bond motifs is 5. The Bertz CT molecular complexity index is 1860. The van der Waals surface area contributed by atoms with E-state index >= 15 is 4.39 Å². The van der Waals surface area contributed by atoms with E-state index in [2.05, 4.69) is 10.6 Å². The lowest BCUT2D eigenvalue weighted by Gasteiger charge is -2.41. The molecule has 1 aliphatic carbocycles. The first kappa shape index (κ1) is 39.0. The molecule has 6 rings (SSSR count). The highest BCUT2D eigenvalue weighted by Gasteiger charge is 2.58. The van der Waals surface area contributed by atoms with Crippen LogP contribution in [0.15, 0.2) is 42.5 Å². The SMILES string of the molecule is CCOC(=O)C12C=CC1C=CCCCCCC(NC(=O)OC(C)(C)C)C(=O)N1CC3(CC(F)c4c(c(C(C)C)nc5ccc(OC)cc45)O3)CC1C(=O)N2. The van der Waals surface area contributed by atoms with Gasteiger partial charge in [-0.2, -0.15) is 0 Å². The number of pyridine rings is 1. The number of amides is 3. The average molecular weight is 749 g/mol. The Hall–Kier alpha value is -4.68. The number of nitrogens with one attached hydrogen (secondary N) is 2. The number of benzene rings is 1. The quantitative estimate of drug-likeness (QED) is 0.258. The Labute approximate surface area is 316 Å². The molecule has 4 aliphatic rings. The molecule has 2 N–H and O–H groups in total. The van der Waals surface area contributed by atoms with Gasteiger partial charge < -0.3 is 34.5 Å². The molecule has 1 spiro atoms. The fourth-order valence-corrected chi connectivity index (χ4v) is 8.00. The van der Waals surface area contributed by atoms with Crippen LogP contribution in [0.5, 0.6) is 11.5 Å². The summed E-state index contributed by atoms with van der Waals surface area (Å²) in [6, 6.07) is 3.09. The standard InChI is InChI=1S/C41H53FN4O8/c1-8-52-37(49)41-19-18-25(41)14-12-10-9-11-13-15-30(44-38(50)54-39(4,5)6)36(48)46-23-40(22-31(46)35(47)45-41)21-28(42)32-27-20-26(51-7)16-17-29(27)43-33(24(2)3)34(32)53-40/h12,14,16-20,24-25,28,30-31H,8-11,13,15,21-23H2,1-7H3,(H,44,50)(H,45,47). The van der Waals surface area contributed by atoms with E-state index in [0.29, 0.717) is 46.5 Å². The number of halogens is 1. The van der Waals surface area contributed by atoms with Crippen LogP contribution in [0, 0.1) is 5.92 Å². The van der Waals surface area contributed by atoms with E-state index < -0.39 is 64.8 Å². The molecule has 0 saturated carbocycles. The smallest absolute Gasteiger partial charge is 0.408 e. The number of allylic oxidation sites excluding steroid dienone is 1. The minimum Gasteiger partial charge on any atom is -0.497 e. The third-order valence-electron chi connectivity index (χ3n) is 10.7. The number of alkyl carbamates (subject to hydrolysis) is 1. The second-order valence-electron chi connectivity index (χ2n) is 16.1. The van der Waals surface area contributed by atoms with Crippen molar-refractivity contribution in [1.29, 1.82) is 0 Å². The van der Waals surface area contributed by atoms with Crippen LogP contribution in [0.1, 0.15) is 110 Å². The van der Waals surface area contributed by atoms with Crippen LogP contribution in [0.2, 0.25) is 0 Å². The second kappa shape index (κ2) is 15.2. The van der Waals surface area contributed by atoms with Crippen molar-refractivity contribution < 1.29 is 42.5 Å². The van der Waals surface area contributed by atoms with Gasteiger partial charge in [0.15, 0.2) is 5.54 Å². The van der Waals surface area contributed by atoms with E-state index in [1.807, 2.05) is 32.1 Å². The van der Waals surface area contributed by atoms with Gasteiger partial charge in [-0.25, -0.2) is 19.0 Å². The molecule has 1 saturated heterocycles. The highest BCUT2D eigenvalue weighted by atomic mass is 19.1. The van der Waals surface area contributed by atoms with E-state index in [1.165, 1.54) is 12.0 Å². The monoisotopic (exact) mass is 748 g/mol. The highest BCUT2D eigenvalue weighted by Crippen LogP contribution is 2.52. The summed E-state index contributed by atoms with van der Waals surface area (Å²) in [5.74, 6) is -1.53. The second-order valence-corrected chi connectivity index (χ2v) is 16.1. The van der Waals surface area contributed by atoms with Gasteiger partial charge in [-0.1, -0.05) is 51.0 Å². The Balaban J connectivity index is 1.43. The lowest BCUT2D eigenvalue weighted by molar-refractivity contribution is -0.154. The molecule has 4 heterocycles. The molecule has 1 aromatic heterocycles. The first-order valence-corrected chi connectivity index (χ1v) is 19.1. The number of methoxy groups -OCH3 is 1. The molecule has 292 valence electrons. The molecule has 6 unspecified atom stereocenters. The molecule has 2 aromatic rings. The summed E-state index contributed by atoms with van der Waals surface area (Å²) in [6.07, 6.45) is 8.03. The molecule has 1 fully saturated rings. The number of aromatic nitrogens is 1. The summed E-state index contributed by atoms with van der Waals surface area (Å²) >= 11 is 0. The first-order chi connectivity index (χ1) is 25.6. The molecule has 54 heavy (non-hydrogen) atoms. The van der Waals surface area contributed by atoms with Crippen molar-refractivity contribution in [3.63, 3.8) is 0 Å². The zero-order valence-electron chi connectivity index (χ0n) is 32.3. The van der Waals surface area contributed by atoms with E-state index in [0.717, 1.165) is 19.3 Å². The Morgan fingerprint density at radius 3 is 2.59 bits per heavy atom. The van der Waals surface area contributed by atoms with Crippen molar-refractivity contribution in [2.24, 2.45) is 5.92 Å². The van der Waals surface area contributed by atoms with Crippen molar-refractivity contribution in [2.75, 3.05) is 20.3 Å². The molecule has 3 amide bonds. The lowest BCUT2D eigenvalue weighted by atomic mass is 9.73. The Kier molecular flexibility index (Phi) is 11.0. The Morgan fingerprint density at radius 1 is 1.15 bits per heavy atom. The van der Waals surface area contributed by atoms with Gasteiger partial charge in [0.1, 0.15) is 41.0 Å². The molecular formula is C41H53FN4O8. The number of carbonyl (C=O) groups is 4. The van der Waals surface area contributed by atoms with E-state index in [9.17, 15) is 19.2 Å². The average Bonchev–Trinajstić information content (AvgIpc) is 3.46. The van der Waals surface area contributed by atoms with Gasteiger partial charge in [0, 0.05) is 29.7 Å². The number of hydrogen-bond donors (Lipinski definition) is 2. The number of nitrogens with zero attached hydrogens (tertiary/aromatic N) is 2. The maximum absolute atomic E-state index is 17.0. The van der Waals surface area contributed by atoms with Gasteiger partial charge >= 0.3 is 12.1 Å². The Morgan fingerprint density at radius 2 is 1.93 bits per heavy atom. The number of esters is 1. The summed E-state index contributed by atoms with van der Waals surface area (Å²) in [7, 11) is 1.54. The van der Waals surface area contributed by atoms with Crippen molar-refractivity contribution in [3.05, 3.63) is 53.8 Å². The van der Waals surface area contributed by atoms with Crippen LogP contribution in [0.3, 0.4) is 0 Å². The number of rotatable bonds is 5. The first-order valence-electron chi connectivity index (χ1n) is 19.1. The summed E-state index contributed by atoms with van der Waals surface area (Å²) in [5, 5.41) is 6.28. The normalized spacial score (nSPS) is 28.5. The van der Waals surface area contributed by atoms with Crippen LogP contribution in [-0.2, 0) is 23.9 Å². The highest BCUT2D eigenvalue weighted by molar-refractivity contribution is 5.97. The van der Waals surface area contributed by atoms with Gasteiger partial charge in [-0.3, -0.25) is 9.59 Å². The maximum Gasteiger partial charge on any atom is 0.408 e. The fraction of sp³-hybridized carbons (Fsp3) is 0.585. The largest absolute Gasteiger partial charge is 0.497 e. The maximum atomic E-state index is 17.0. The van der Waals surface area contributed by atoms with E-state index in [-0.39, 0.29) is 31.9 Å². The van der Waals surface area contributed by atoms with Crippen LogP contribution in [0.25, 0.3) is 10.9 Å². The number of carbonyl (C=O) groups excluding carboxylic acids is 4.